The summed E-state index contributed by atoms with van der Waals surface area (Å²) in [6.45, 7) is 10.3. The molecule has 0 aliphatic heterocycles. The fourth-order valence-electron chi connectivity index (χ4n) is 0.625. The Hall–Kier alpha value is -1.32. The van der Waals surface area contributed by atoms with Crippen molar-refractivity contribution in [2.45, 2.75) is 33.3 Å². The Morgan fingerprint density at radius 1 is 1.43 bits per heavy atom. The number of carbonyl (C=O) groups is 2. The van der Waals surface area contributed by atoms with Crippen LogP contribution in [-0.4, -0.2) is 17.6 Å². The van der Waals surface area contributed by atoms with Gasteiger partial charge < -0.3 is 4.74 Å². The van der Waals surface area contributed by atoms with Crippen LogP contribution in [0.5, 0.6) is 0 Å². The zero-order valence-electron chi connectivity index (χ0n) is 9.09. The normalized spacial score (nSPS) is 12.9. The molecule has 80 valence electrons. The van der Waals surface area contributed by atoms with Gasteiger partial charge in [-0.15, -0.1) is 6.58 Å². The summed E-state index contributed by atoms with van der Waals surface area (Å²) in [6, 6.07) is 0. The van der Waals surface area contributed by atoms with Crippen molar-refractivity contribution in [1.82, 2.24) is 5.32 Å². The molecule has 0 fully saturated rings. The molecule has 0 aliphatic rings. The molecule has 14 heavy (non-hydrogen) atoms. The third-order valence-electron chi connectivity index (χ3n) is 1.39. The zero-order valence-corrected chi connectivity index (χ0v) is 9.09. The van der Waals surface area contributed by atoms with Crippen LogP contribution in [0, 0.1) is 5.92 Å². The first-order chi connectivity index (χ1) is 6.26. The van der Waals surface area contributed by atoms with E-state index in [4.69, 9.17) is 4.74 Å². The fraction of sp³-hybridized carbons (Fsp3) is 0.600. The summed E-state index contributed by atoms with van der Waals surface area (Å²) in [5.74, 6) is -0.809. The highest BCUT2D eigenvalue weighted by Crippen LogP contribution is 2.06. The van der Waals surface area contributed by atoms with Gasteiger partial charge in [0.05, 0.1) is 5.92 Å². The minimum Gasteiger partial charge on any atom is -0.444 e. The molecule has 0 spiro atoms. The second-order valence-corrected chi connectivity index (χ2v) is 4.02. The van der Waals surface area contributed by atoms with Gasteiger partial charge in [-0.05, 0) is 20.8 Å². The van der Waals surface area contributed by atoms with Gasteiger partial charge >= 0.3 is 6.09 Å². The summed E-state index contributed by atoms with van der Waals surface area (Å²) >= 11 is 0. The third-order valence-corrected chi connectivity index (χ3v) is 1.39. The molecule has 0 aliphatic carbocycles. The van der Waals surface area contributed by atoms with Crippen molar-refractivity contribution in [3.05, 3.63) is 12.7 Å². The van der Waals surface area contributed by atoms with Crippen LogP contribution in [0.1, 0.15) is 27.7 Å². The molecule has 0 heterocycles. The lowest BCUT2D eigenvalue weighted by Gasteiger charge is -2.19. The van der Waals surface area contributed by atoms with Crippen molar-refractivity contribution in [3.8, 4) is 0 Å². The molecule has 0 bridgehead atoms. The van der Waals surface area contributed by atoms with Gasteiger partial charge in [0.25, 0.3) is 0 Å². The maximum atomic E-state index is 11.2. The molecule has 0 rings (SSSR count). The van der Waals surface area contributed by atoms with Crippen molar-refractivity contribution in [2.75, 3.05) is 0 Å². The van der Waals surface area contributed by atoms with Crippen molar-refractivity contribution >= 4 is 12.0 Å². The average molecular weight is 199 g/mol. The molecule has 0 aromatic carbocycles. The molecule has 2 amide bonds. The van der Waals surface area contributed by atoms with E-state index in [0.717, 1.165) is 0 Å². The number of nitrogens with one attached hydrogen (secondary N) is 1. The fourth-order valence-corrected chi connectivity index (χ4v) is 0.625. The number of imide groups is 1. The SMILES string of the molecule is C=C[C@@H](C)C(=O)NC(=O)OC(C)(C)C. The predicted octanol–water partition coefficient (Wildman–Crippen LogP) is 1.86. The molecule has 0 aromatic heterocycles. The van der Waals surface area contributed by atoms with Crippen LogP contribution in [0.4, 0.5) is 4.79 Å². The number of carbonyl (C=O) groups excluding carboxylic acids is 2. The third kappa shape index (κ3) is 5.35. The summed E-state index contributed by atoms with van der Waals surface area (Å²) in [5, 5.41) is 2.12. The van der Waals surface area contributed by atoms with Gasteiger partial charge in [0.15, 0.2) is 0 Å². The monoisotopic (exact) mass is 199 g/mol. The van der Waals surface area contributed by atoms with E-state index < -0.39 is 23.5 Å². The van der Waals surface area contributed by atoms with E-state index in [-0.39, 0.29) is 0 Å². The van der Waals surface area contributed by atoms with Crippen molar-refractivity contribution in [1.29, 1.82) is 0 Å². The predicted molar refractivity (Wildman–Crippen MR) is 53.7 cm³/mol. The molecule has 1 N–H and O–H groups in total. The quantitative estimate of drug-likeness (QED) is 0.690. The van der Waals surface area contributed by atoms with Gasteiger partial charge in [-0.3, -0.25) is 10.1 Å². The summed E-state index contributed by atoms with van der Waals surface area (Å²) < 4.78 is 4.90. The van der Waals surface area contributed by atoms with Crippen LogP contribution in [0.3, 0.4) is 0 Å². The first kappa shape index (κ1) is 12.7. The minimum absolute atomic E-state index is 0.400. The molecule has 4 heteroatoms. The number of hydrogen-bond donors (Lipinski definition) is 1. The first-order valence-electron chi connectivity index (χ1n) is 4.42. The van der Waals surface area contributed by atoms with Gasteiger partial charge in [0.1, 0.15) is 5.60 Å². The number of rotatable bonds is 2. The number of amides is 2. The van der Waals surface area contributed by atoms with E-state index in [9.17, 15) is 9.59 Å². The van der Waals surface area contributed by atoms with Gasteiger partial charge in [-0.2, -0.15) is 0 Å². The molecule has 0 saturated heterocycles. The summed E-state index contributed by atoms with van der Waals surface area (Å²) in [7, 11) is 0. The number of ether oxygens (including phenoxy) is 1. The van der Waals surface area contributed by atoms with E-state index in [1.54, 1.807) is 27.7 Å². The first-order valence-corrected chi connectivity index (χ1v) is 4.42. The molecule has 4 nitrogen and oxygen atoms in total. The van der Waals surface area contributed by atoms with E-state index >= 15 is 0 Å². The average Bonchev–Trinajstić information content (AvgIpc) is 1.99. The zero-order chi connectivity index (χ0) is 11.4. The molecular formula is C10H17NO3. The van der Waals surface area contributed by atoms with Crippen molar-refractivity contribution < 1.29 is 14.3 Å². The van der Waals surface area contributed by atoms with Crippen molar-refractivity contribution in [2.24, 2.45) is 5.92 Å². The van der Waals surface area contributed by atoms with E-state index in [0.29, 0.717) is 0 Å². The molecule has 0 saturated carbocycles. The molecular weight excluding hydrogens is 182 g/mol. The summed E-state index contributed by atoms with van der Waals surface area (Å²) in [4.78, 5) is 22.3. The van der Waals surface area contributed by atoms with E-state index in [2.05, 4.69) is 11.9 Å². The highest BCUT2D eigenvalue weighted by Gasteiger charge is 2.19. The standard InChI is InChI=1S/C10H17NO3/c1-6-7(2)8(12)11-9(13)14-10(3,4)5/h6-7H,1H2,2-5H3,(H,11,12,13)/t7-/m1/s1. The molecule has 0 unspecified atom stereocenters. The highest BCUT2D eigenvalue weighted by atomic mass is 16.6. The smallest absolute Gasteiger partial charge is 0.414 e. The second kappa shape index (κ2) is 4.79. The maximum Gasteiger partial charge on any atom is 0.414 e. The topological polar surface area (TPSA) is 55.4 Å². The Balaban J connectivity index is 4.08. The molecule has 0 radical (unpaired) electrons. The minimum atomic E-state index is -0.726. The molecule has 0 aromatic rings. The Labute approximate surface area is 84.3 Å². The Kier molecular flexibility index (Phi) is 4.34. The highest BCUT2D eigenvalue weighted by molar-refractivity contribution is 5.93. The van der Waals surface area contributed by atoms with Crippen LogP contribution in [-0.2, 0) is 9.53 Å². The van der Waals surface area contributed by atoms with E-state index in [1.165, 1.54) is 6.08 Å². The second-order valence-electron chi connectivity index (χ2n) is 4.02. The van der Waals surface area contributed by atoms with Crippen LogP contribution >= 0.6 is 0 Å². The van der Waals surface area contributed by atoms with Crippen LogP contribution in [0.15, 0.2) is 12.7 Å². The van der Waals surface area contributed by atoms with Gasteiger partial charge in [0, 0.05) is 0 Å². The van der Waals surface area contributed by atoms with Crippen LogP contribution in [0.25, 0.3) is 0 Å². The summed E-state index contributed by atoms with van der Waals surface area (Å²) in [6.07, 6.45) is 0.732. The number of alkyl carbamates (subject to hydrolysis) is 1. The van der Waals surface area contributed by atoms with Gasteiger partial charge in [-0.1, -0.05) is 13.0 Å². The van der Waals surface area contributed by atoms with Gasteiger partial charge in [-0.25, -0.2) is 4.79 Å². The lowest BCUT2D eigenvalue weighted by atomic mass is 10.2. The van der Waals surface area contributed by atoms with Crippen LogP contribution in [0.2, 0.25) is 0 Å². The van der Waals surface area contributed by atoms with E-state index in [1.807, 2.05) is 0 Å². The summed E-state index contributed by atoms with van der Waals surface area (Å²) in [5.41, 5.74) is -0.595. The lowest BCUT2D eigenvalue weighted by molar-refractivity contribution is -0.122. The Morgan fingerprint density at radius 2 is 1.93 bits per heavy atom. The Morgan fingerprint density at radius 3 is 2.29 bits per heavy atom. The maximum absolute atomic E-state index is 11.2. The number of hydrogen-bond acceptors (Lipinski definition) is 3. The van der Waals surface area contributed by atoms with Crippen molar-refractivity contribution in [3.63, 3.8) is 0 Å². The largest absolute Gasteiger partial charge is 0.444 e. The molecule has 1 atom stereocenters. The van der Waals surface area contributed by atoms with Crippen LogP contribution < -0.4 is 5.32 Å². The van der Waals surface area contributed by atoms with Gasteiger partial charge in [0.2, 0.25) is 5.91 Å². The Bertz CT molecular complexity index is 240. The lowest BCUT2D eigenvalue weighted by Crippen LogP contribution is -2.38.